The SMILES string of the molecule is CCCCN(CCCCCNCC[N+](CCC)(CCC)CC(=O)Nc1c(C)cccc1C)CC(=O)Nc1c(C)cccc1C. The zero-order valence-electron chi connectivity index (χ0n) is 29.0. The maximum atomic E-state index is 13.2. The number of carbonyl (C=O) groups is 2. The Morgan fingerprint density at radius 3 is 1.68 bits per heavy atom. The van der Waals surface area contributed by atoms with E-state index in [1.807, 2.05) is 38.1 Å². The van der Waals surface area contributed by atoms with Crippen molar-refractivity contribution in [3.05, 3.63) is 58.7 Å². The number of nitrogens with zero attached hydrogens (tertiary/aromatic N) is 2. The van der Waals surface area contributed by atoms with E-state index in [-0.39, 0.29) is 11.8 Å². The summed E-state index contributed by atoms with van der Waals surface area (Å²) in [5.74, 6) is 0.184. The standard InChI is InChI=1S/C37H61N5O2/c1-8-11-23-41(28-34(43)39-36-30(4)17-15-18-31(36)5)24-14-12-13-21-38-22-27-42(25-9-2,26-10-3)29-35(44)40-37-32(6)19-16-20-33(37)7/h15-20,38H,8-14,21-29H2,1-7H3,(H-,39,40,43,44)/p+1. The van der Waals surface area contributed by atoms with E-state index < -0.39 is 0 Å². The quantitative estimate of drug-likeness (QED) is 0.0995. The Morgan fingerprint density at radius 1 is 0.636 bits per heavy atom. The predicted molar refractivity (Wildman–Crippen MR) is 187 cm³/mol. The first-order valence-electron chi connectivity index (χ1n) is 17.1. The van der Waals surface area contributed by atoms with Crippen molar-refractivity contribution in [3.63, 3.8) is 0 Å². The molecule has 0 radical (unpaired) electrons. The van der Waals surface area contributed by atoms with Crippen molar-refractivity contribution in [2.75, 3.05) is 69.5 Å². The first-order valence-corrected chi connectivity index (χ1v) is 17.1. The molecular formula is C37H62N5O2+. The number of benzene rings is 2. The number of amides is 2. The van der Waals surface area contributed by atoms with Gasteiger partial charge in [0.1, 0.15) is 0 Å². The van der Waals surface area contributed by atoms with E-state index in [1.54, 1.807) is 0 Å². The Morgan fingerprint density at radius 2 is 1.16 bits per heavy atom. The van der Waals surface area contributed by atoms with E-state index >= 15 is 0 Å². The molecule has 0 saturated carbocycles. The third kappa shape index (κ3) is 13.1. The summed E-state index contributed by atoms with van der Waals surface area (Å²) in [6.45, 7) is 22.6. The number of unbranched alkanes of at least 4 members (excludes halogenated alkanes) is 3. The molecule has 0 heterocycles. The lowest BCUT2D eigenvalue weighted by Crippen LogP contribution is -2.56. The average Bonchev–Trinajstić information content (AvgIpc) is 2.97. The first-order chi connectivity index (χ1) is 21.1. The highest BCUT2D eigenvalue weighted by atomic mass is 16.2. The summed E-state index contributed by atoms with van der Waals surface area (Å²) in [6, 6.07) is 12.3. The fourth-order valence-corrected chi connectivity index (χ4v) is 6.27. The van der Waals surface area contributed by atoms with Crippen LogP contribution in [0.15, 0.2) is 36.4 Å². The van der Waals surface area contributed by atoms with E-state index in [1.165, 1.54) is 0 Å². The minimum Gasteiger partial charge on any atom is -0.324 e. The van der Waals surface area contributed by atoms with Gasteiger partial charge in [-0.1, -0.05) is 70.0 Å². The van der Waals surface area contributed by atoms with Gasteiger partial charge in [-0.05, 0) is 102 Å². The van der Waals surface area contributed by atoms with Crippen LogP contribution in [0.25, 0.3) is 0 Å². The largest absolute Gasteiger partial charge is 0.324 e. The maximum absolute atomic E-state index is 13.2. The van der Waals surface area contributed by atoms with E-state index in [4.69, 9.17) is 0 Å². The molecule has 44 heavy (non-hydrogen) atoms. The minimum atomic E-state index is 0.0728. The molecule has 0 aliphatic heterocycles. The summed E-state index contributed by atoms with van der Waals surface area (Å²) in [5.41, 5.74) is 6.33. The molecule has 7 heteroatoms. The second-order valence-corrected chi connectivity index (χ2v) is 12.7. The molecule has 0 saturated heterocycles. The van der Waals surface area contributed by atoms with Gasteiger partial charge in [0.25, 0.3) is 5.91 Å². The summed E-state index contributed by atoms with van der Waals surface area (Å²) < 4.78 is 0.827. The topological polar surface area (TPSA) is 73.5 Å². The molecule has 0 aliphatic rings. The third-order valence-corrected chi connectivity index (χ3v) is 8.65. The average molecular weight is 609 g/mol. The number of quaternary nitrogens is 1. The number of nitrogens with one attached hydrogen (secondary N) is 3. The Bertz CT molecular complexity index is 1100. The smallest absolute Gasteiger partial charge is 0.279 e. The highest BCUT2D eigenvalue weighted by Crippen LogP contribution is 2.21. The summed E-state index contributed by atoms with van der Waals surface area (Å²) in [7, 11) is 0. The fraction of sp³-hybridized carbons (Fsp3) is 0.622. The van der Waals surface area contributed by atoms with Gasteiger partial charge in [-0.15, -0.1) is 0 Å². The van der Waals surface area contributed by atoms with Crippen molar-refractivity contribution in [1.29, 1.82) is 0 Å². The highest BCUT2D eigenvalue weighted by molar-refractivity contribution is 5.94. The van der Waals surface area contributed by atoms with Gasteiger partial charge in [-0.25, -0.2) is 0 Å². The van der Waals surface area contributed by atoms with Gasteiger partial charge in [0.05, 0.1) is 26.2 Å². The molecule has 2 aromatic rings. The molecule has 0 aliphatic carbocycles. The minimum absolute atomic E-state index is 0.0728. The van der Waals surface area contributed by atoms with Crippen LogP contribution in [0.2, 0.25) is 0 Å². The van der Waals surface area contributed by atoms with Gasteiger partial charge in [0.2, 0.25) is 5.91 Å². The number of hydrogen-bond donors (Lipinski definition) is 3. The zero-order valence-corrected chi connectivity index (χ0v) is 29.0. The molecule has 246 valence electrons. The Hall–Kier alpha value is -2.74. The number of para-hydroxylation sites is 2. The zero-order chi connectivity index (χ0) is 32.4. The molecule has 0 bridgehead atoms. The van der Waals surface area contributed by atoms with Crippen molar-refractivity contribution >= 4 is 23.2 Å². The molecule has 0 aromatic heterocycles. The molecule has 0 fully saturated rings. The molecular weight excluding hydrogens is 546 g/mol. The van der Waals surface area contributed by atoms with E-state index in [9.17, 15) is 9.59 Å². The van der Waals surface area contributed by atoms with Crippen molar-refractivity contribution in [1.82, 2.24) is 10.2 Å². The van der Waals surface area contributed by atoms with Crippen LogP contribution in [-0.4, -0.2) is 80.1 Å². The number of aryl methyl sites for hydroxylation is 4. The van der Waals surface area contributed by atoms with Crippen LogP contribution in [0.5, 0.6) is 0 Å². The maximum Gasteiger partial charge on any atom is 0.279 e. The van der Waals surface area contributed by atoms with Gasteiger partial charge < -0.3 is 20.4 Å². The molecule has 2 aromatic carbocycles. The van der Waals surface area contributed by atoms with Crippen LogP contribution in [-0.2, 0) is 9.59 Å². The normalized spacial score (nSPS) is 11.6. The van der Waals surface area contributed by atoms with Crippen LogP contribution in [0, 0.1) is 27.7 Å². The summed E-state index contributed by atoms with van der Waals surface area (Å²) in [4.78, 5) is 28.4. The van der Waals surface area contributed by atoms with Crippen LogP contribution in [0.1, 0.15) is 88.0 Å². The molecule has 0 atom stereocenters. The van der Waals surface area contributed by atoms with Crippen molar-refractivity contribution in [3.8, 4) is 0 Å². The van der Waals surface area contributed by atoms with Crippen LogP contribution >= 0.6 is 0 Å². The lowest BCUT2D eigenvalue weighted by Gasteiger charge is -2.38. The van der Waals surface area contributed by atoms with E-state index in [0.29, 0.717) is 13.1 Å². The molecule has 3 N–H and O–H groups in total. The van der Waals surface area contributed by atoms with Gasteiger partial charge in [0, 0.05) is 17.9 Å². The van der Waals surface area contributed by atoms with Crippen molar-refractivity contribution < 1.29 is 14.1 Å². The summed E-state index contributed by atoms with van der Waals surface area (Å²) in [5, 5.41) is 10.0. The third-order valence-electron chi connectivity index (χ3n) is 8.65. The van der Waals surface area contributed by atoms with Crippen LogP contribution < -0.4 is 16.0 Å². The summed E-state index contributed by atoms with van der Waals surface area (Å²) >= 11 is 0. The van der Waals surface area contributed by atoms with Gasteiger partial charge in [0.15, 0.2) is 6.54 Å². The molecule has 2 amide bonds. The monoisotopic (exact) mass is 608 g/mol. The van der Waals surface area contributed by atoms with Crippen molar-refractivity contribution in [2.24, 2.45) is 0 Å². The van der Waals surface area contributed by atoms with E-state index in [0.717, 1.165) is 129 Å². The predicted octanol–water partition coefficient (Wildman–Crippen LogP) is 7.00. The molecule has 0 unspecified atom stereocenters. The lowest BCUT2D eigenvalue weighted by atomic mass is 10.1. The van der Waals surface area contributed by atoms with Gasteiger partial charge in [-0.3, -0.25) is 14.5 Å². The Kier molecular flexibility index (Phi) is 17.3. The first kappa shape index (κ1) is 37.4. The van der Waals surface area contributed by atoms with Crippen molar-refractivity contribution in [2.45, 2.75) is 93.4 Å². The van der Waals surface area contributed by atoms with E-state index in [2.05, 4.69) is 67.6 Å². The van der Waals surface area contributed by atoms with Gasteiger partial charge in [-0.2, -0.15) is 0 Å². The number of hydrogen-bond acceptors (Lipinski definition) is 4. The Labute approximate surface area is 268 Å². The number of anilines is 2. The number of carbonyl (C=O) groups excluding carboxylic acids is 2. The van der Waals surface area contributed by atoms with Crippen LogP contribution in [0.4, 0.5) is 11.4 Å². The summed E-state index contributed by atoms with van der Waals surface area (Å²) in [6.07, 6.45) is 7.70. The second kappa shape index (κ2) is 20.3. The number of rotatable bonds is 22. The molecule has 0 spiro atoms. The fourth-order valence-electron chi connectivity index (χ4n) is 6.27. The van der Waals surface area contributed by atoms with Gasteiger partial charge >= 0.3 is 0 Å². The van der Waals surface area contributed by atoms with Crippen LogP contribution in [0.3, 0.4) is 0 Å². The molecule has 2 rings (SSSR count). The lowest BCUT2D eigenvalue weighted by molar-refractivity contribution is -0.919. The Balaban J connectivity index is 1.78. The second-order valence-electron chi connectivity index (χ2n) is 12.7. The highest BCUT2D eigenvalue weighted by Gasteiger charge is 2.29. The molecule has 7 nitrogen and oxygen atoms in total.